The van der Waals surface area contributed by atoms with Crippen molar-refractivity contribution in [3.8, 4) is 0 Å². The van der Waals surface area contributed by atoms with Crippen LogP contribution in [0.4, 0.5) is 5.69 Å². The molecular weight excluding hydrogens is 278 g/mol. The number of benzene rings is 1. The maximum Gasteiger partial charge on any atom is 0.255 e. The maximum atomic E-state index is 12.4. The van der Waals surface area contributed by atoms with Gasteiger partial charge in [0.15, 0.2) is 0 Å². The highest BCUT2D eigenvalue weighted by atomic mass is 35.5. The lowest BCUT2D eigenvalue weighted by Crippen LogP contribution is -2.42. The van der Waals surface area contributed by atoms with Gasteiger partial charge in [0, 0.05) is 26.1 Å². The van der Waals surface area contributed by atoms with E-state index in [1.807, 2.05) is 0 Å². The van der Waals surface area contributed by atoms with E-state index in [-0.39, 0.29) is 17.7 Å². The molecule has 1 saturated heterocycles. The third-order valence-corrected chi connectivity index (χ3v) is 4.01. The Labute approximate surface area is 123 Å². The summed E-state index contributed by atoms with van der Waals surface area (Å²) in [5.74, 6) is -0.0968. The topological polar surface area (TPSA) is 75.4 Å². The molecule has 1 aliphatic rings. The number of nitrogens with two attached hydrogens (primary N) is 1. The first-order valence-electron chi connectivity index (χ1n) is 6.59. The zero-order chi connectivity index (χ0) is 14.7. The molecule has 1 aromatic carbocycles. The van der Waals surface area contributed by atoms with Crippen LogP contribution in [0.15, 0.2) is 18.2 Å². The van der Waals surface area contributed by atoms with Crippen LogP contribution in [0.2, 0.25) is 5.02 Å². The monoisotopic (exact) mass is 295 g/mol. The van der Waals surface area contributed by atoms with Crippen LogP contribution < -0.4 is 11.1 Å². The molecule has 3 N–H and O–H groups in total. The molecule has 6 heteroatoms. The second-order valence-electron chi connectivity index (χ2n) is 4.88. The Kier molecular flexibility index (Phi) is 4.49. The Balaban J connectivity index is 2.05. The molecule has 1 aliphatic heterocycles. The third-order valence-electron chi connectivity index (χ3n) is 3.68. The highest BCUT2D eigenvalue weighted by molar-refractivity contribution is 6.33. The Morgan fingerprint density at radius 2 is 2.00 bits per heavy atom. The van der Waals surface area contributed by atoms with Crippen molar-refractivity contribution in [1.82, 2.24) is 10.2 Å². The number of rotatable bonds is 2. The van der Waals surface area contributed by atoms with Gasteiger partial charge in [0.25, 0.3) is 5.91 Å². The lowest BCUT2D eigenvalue weighted by molar-refractivity contribution is -0.125. The van der Waals surface area contributed by atoms with Gasteiger partial charge < -0.3 is 16.0 Å². The molecule has 0 unspecified atom stereocenters. The summed E-state index contributed by atoms with van der Waals surface area (Å²) in [7, 11) is 1.63. The van der Waals surface area contributed by atoms with E-state index >= 15 is 0 Å². The predicted octanol–water partition coefficient (Wildman–Crippen LogP) is 1.52. The van der Waals surface area contributed by atoms with E-state index in [9.17, 15) is 9.59 Å². The molecule has 0 aliphatic carbocycles. The fraction of sp³-hybridized carbons (Fsp3) is 0.429. The fourth-order valence-electron chi connectivity index (χ4n) is 2.44. The van der Waals surface area contributed by atoms with Gasteiger partial charge >= 0.3 is 0 Å². The van der Waals surface area contributed by atoms with Crippen LogP contribution in [-0.4, -0.2) is 36.9 Å². The number of nitrogens with one attached hydrogen (secondary N) is 1. The van der Waals surface area contributed by atoms with Gasteiger partial charge in [0.1, 0.15) is 0 Å². The second-order valence-corrected chi connectivity index (χ2v) is 5.29. The van der Waals surface area contributed by atoms with Crippen LogP contribution in [0.3, 0.4) is 0 Å². The third kappa shape index (κ3) is 2.88. The summed E-state index contributed by atoms with van der Waals surface area (Å²) in [5, 5.41) is 3.03. The number of carbonyl (C=O) groups is 2. The number of hydrogen-bond acceptors (Lipinski definition) is 3. The molecule has 0 aromatic heterocycles. The van der Waals surface area contributed by atoms with E-state index < -0.39 is 0 Å². The summed E-state index contributed by atoms with van der Waals surface area (Å²) in [4.78, 5) is 25.7. The molecule has 108 valence electrons. The Morgan fingerprint density at radius 3 is 2.60 bits per heavy atom. The van der Waals surface area contributed by atoms with Gasteiger partial charge in [-0.2, -0.15) is 0 Å². The first-order valence-corrected chi connectivity index (χ1v) is 6.97. The number of para-hydroxylation sites is 1. The predicted molar refractivity (Wildman–Crippen MR) is 78.6 cm³/mol. The Hall–Kier alpha value is -1.75. The molecule has 2 amide bonds. The SMILES string of the molecule is CNC(=O)C1CCN(C(=O)c2cccc(Cl)c2N)CC1. The minimum absolute atomic E-state index is 0.0132. The molecule has 0 spiro atoms. The number of carbonyl (C=O) groups excluding carboxylic acids is 2. The van der Waals surface area contributed by atoms with Crippen molar-refractivity contribution in [2.75, 3.05) is 25.9 Å². The maximum absolute atomic E-state index is 12.4. The number of amides is 2. The second kappa shape index (κ2) is 6.13. The molecule has 0 radical (unpaired) electrons. The van der Waals surface area contributed by atoms with Crippen LogP contribution in [0, 0.1) is 5.92 Å². The first-order chi connectivity index (χ1) is 9.54. The van der Waals surface area contributed by atoms with Gasteiger partial charge in [0.2, 0.25) is 5.91 Å². The van der Waals surface area contributed by atoms with Crippen LogP contribution >= 0.6 is 11.6 Å². The lowest BCUT2D eigenvalue weighted by Gasteiger charge is -2.31. The molecule has 5 nitrogen and oxygen atoms in total. The number of likely N-dealkylation sites (tertiary alicyclic amines) is 1. The molecule has 2 rings (SSSR count). The van der Waals surface area contributed by atoms with Crippen LogP contribution in [0.25, 0.3) is 0 Å². The standard InChI is InChI=1S/C14H18ClN3O2/c1-17-13(19)9-5-7-18(8-6-9)14(20)10-3-2-4-11(15)12(10)16/h2-4,9H,5-8,16H2,1H3,(H,17,19). The Bertz CT molecular complexity index is 525. The molecule has 1 fully saturated rings. The van der Waals surface area contributed by atoms with Crippen LogP contribution in [0.5, 0.6) is 0 Å². The molecule has 0 bridgehead atoms. The summed E-state index contributed by atoms with van der Waals surface area (Å²) in [5.41, 5.74) is 6.58. The van der Waals surface area contributed by atoms with Crippen molar-refractivity contribution in [1.29, 1.82) is 0 Å². The quantitative estimate of drug-likeness (QED) is 0.812. The fourth-order valence-corrected chi connectivity index (χ4v) is 2.62. The summed E-state index contributed by atoms with van der Waals surface area (Å²) in [6.45, 7) is 1.12. The van der Waals surface area contributed by atoms with Gasteiger partial charge in [-0.1, -0.05) is 17.7 Å². The van der Waals surface area contributed by atoms with Crippen LogP contribution in [-0.2, 0) is 4.79 Å². The summed E-state index contributed by atoms with van der Waals surface area (Å²) >= 11 is 5.93. The average Bonchev–Trinajstić information content (AvgIpc) is 2.48. The van der Waals surface area contributed by atoms with Crippen molar-refractivity contribution in [2.24, 2.45) is 5.92 Å². The molecule has 20 heavy (non-hydrogen) atoms. The smallest absolute Gasteiger partial charge is 0.255 e. The number of piperidine rings is 1. The minimum atomic E-state index is -0.125. The van der Waals surface area contributed by atoms with Gasteiger partial charge in [-0.25, -0.2) is 0 Å². The van der Waals surface area contributed by atoms with Gasteiger partial charge in [-0.3, -0.25) is 9.59 Å². The van der Waals surface area contributed by atoms with Gasteiger partial charge in [-0.15, -0.1) is 0 Å². The zero-order valence-electron chi connectivity index (χ0n) is 11.4. The minimum Gasteiger partial charge on any atom is -0.397 e. The van der Waals surface area contributed by atoms with Crippen LogP contribution in [0.1, 0.15) is 23.2 Å². The highest BCUT2D eigenvalue weighted by Crippen LogP contribution is 2.25. The van der Waals surface area contributed by atoms with E-state index in [1.54, 1.807) is 30.1 Å². The van der Waals surface area contributed by atoms with Crippen molar-refractivity contribution < 1.29 is 9.59 Å². The summed E-state index contributed by atoms with van der Waals surface area (Å²) < 4.78 is 0. The number of anilines is 1. The van der Waals surface area contributed by atoms with E-state index in [4.69, 9.17) is 17.3 Å². The summed E-state index contributed by atoms with van der Waals surface area (Å²) in [6.07, 6.45) is 1.35. The van der Waals surface area contributed by atoms with Gasteiger partial charge in [0.05, 0.1) is 16.3 Å². The number of nitrogens with zero attached hydrogens (tertiary/aromatic N) is 1. The molecule has 1 aromatic rings. The molecule has 1 heterocycles. The van der Waals surface area contributed by atoms with Crippen molar-refractivity contribution >= 4 is 29.1 Å². The van der Waals surface area contributed by atoms with E-state index in [0.717, 1.165) is 0 Å². The number of hydrogen-bond donors (Lipinski definition) is 2. The normalized spacial score (nSPS) is 16.0. The lowest BCUT2D eigenvalue weighted by atomic mass is 9.95. The van der Waals surface area contributed by atoms with Gasteiger partial charge in [-0.05, 0) is 25.0 Å². The zero-order valence-corrected chi connectivity index (χ0v) is 12.1. The van der Waals surface area contributed by atoms with E-state index in [0.29, 0.717) is 42.2 Å². The molecule has 0 atom stereocenters. The van der Waals surface area contributed by atoms with Crippen molar-refractivity contribution in [2.45, 2.75) is 12.8 Å². The van der Waals surface area contributed by atoms with Crippen molar-refractivity contribution in [3.63, 3.8) is 0 Å². The molecule has 0 saturated carbocycles. The van der Waals surface area contributed by atoms with E-state index in [2.05, 4.69) is 5.32 Å². The number of nitrogen functional groups attached to an aromatic ring is 1. The van der Waals surface area contributed by atoms with E-state index in [1.165, 1.54) is 0 Å². The van der Waals surface area contributed by atoms with Crippen molar-refractivity contribution in [3.05, 3.63) is 28.8 Å². The average molecular weight is 296 g/mol. The Morgan fingerprint density at radius 1 is 1.35 bits per heavy atom. The first kappa shape index (κ1) is 14.7. The summed E-state index contributed by atoms with van der Waals surface area (Å²) in [6, 6.07) is 5.04. The highest BCUT2D eigenvalue weighted by Gasteiger charge is 2.28. The molecular formula is C14H18ClN3O2. The largest absolute Gasteiger partial charge is 0.397 e. The number of halogens is 1.